The van der Waals surface area contributed by atoms with Crippen LogP contribution in [0.2, 0.25) is 0 Å². The van der Waals surface area contributed by atoms with Gasteiger partial charge in [-0.1, -0.05) is 30.3 Å². The van der Waals surface area contributed by atoms with Crippen molar-refractivity contribution in [1.29, 1.82) is 0 Å². The van der Waals surface area contributed by atoms with Gasteiger partial charge in [0.05, 0.1) is 5.69 Å². The van der Waals surface area contributed by atoms with Gasteiger partial charge in [0.1, 0.15) is 0 Å². The van der Waals surface area contributed by atoms with Gasteiger partial charge in [-0.2, -0.15) is 0 Å². The van der Waals surface area contributed by atoms with E-state index in [0.29, 0.717) is 0 Å². The lowest BCUT2D eigenvalue weighted by molar-refractivity contribution is 0.119. The fourth-order valence-corrected chi connectivity index (χ4v) is 2.57. The molecule has 0 aliphatic heterocycles. The second-order valence-electron chi connectivity index (χ2n) is 5.37. The summed E-state index contributed by atoms with van der Waals surface area (Å²) in [5.74, 6) is 0.837. The normalized spacial score (nSPS) is 14.6. The topological polar surface area (TPSA) is 29.9 Å². The summed E-state index contributed by atoms with van der Waals surface area (Å²) in [5.41, 5.74) is 2.34. The number of nitrogens with one attached hydrogen (secondary N) is 1. The summed E-state index contributed by atoms with van der Waals surface area (Å²) in [7, 11) is 0. The van der Waals surface area contributed by atoms with Gasteiger partial charge in [-0.15, -0.1) is 0 Å². The SMILES string of the molecule is S=c1[nH]cc(-c2ccccc2)n1CCCOCC1CC1. The number of H-pyrrole nitrogens is 1. The molecule has 0 amide bonds. The Morgan fingerprint density at radius 3 is 2.80 bits per heavy atom. The van der Waals surface area contributed by atoms with Crippen LogP contribution in [0.25, 0.3) is 11.3 Å². The van der Waals surface area contributed by atoms with E-state index in [1.807, 2.05) is 12.3 Å². The van der Waals surface area contributed by atoms with E-state index < -0.39 is 0 Å². The van der Waals surface area contributed by atoms with Crippen LogP contribution in [0.3, 0.4) is 0 Å². The van der Waals surface area contributed by atoms with Crippen LogP contribution < -0.4 is 0 Å². The highest BCUT2D eigenvalue weighted by Gasteiger charge is 2.20. The molecule has 106 valence electrons. The maximum Gasteiger partial charge on any atom is 0.177 e. The zero-order valence-electron chi connectivity index (χ0n) is 11.5. The Morgan fingerprint density at radius 1 is 1.25 bits per heavy atom. The summed E-state index contributed by atoms with van der Waals surface area (Å²) in [6, 6.07) is 10.3. The lowest BCUT2D eigenvalue weighted by atomic mass is 10.2. The van der Waals surface area contributed by atoms with E-state index in [-0.39, 0.29) is 0 Å². The van der Waals surface area contributed by atoms with Crippen molar-refractivity contribution in [2.75, 3.05) is 13.2 Å². The van der Waals surface area contributed by atoms with Crippen molar-refractivity contribution in [2.24, 2.45) is 5.92 Å². The fraction of sp³-hybridized carbons (Fsp3) is 0.438. The lowest BCUT2D eigenvalue weighted by Gasteiger charge is -2.09. The van der Waals surface area contributed by atoms with E-state index in [4.69, 9.17) is 17.0 Å². The van der Waals surface area contributed by atoms with Gasteiger partial charge < -0.3 is 14.3 Å². The second-order valence-corrected chi connectivity index (χ2v) is 5.76. The van der Waals surface area contributed by atoms with Crippen LogP contribution in [0.1, 0.15) is 19.3 Å². The molecule has 1 aromatic heterocycles. The molecule has 1 heterocycles. The maximum atomic E-state index is 5.68. The first-order valence-electron chi connectivity index (χ1n) is 7.26. The number of imidazole rings is 1. The maximum absolute atomic E-state index is 5.68. The molecule has 0 atom stereocenters. The highest BCUT2D eigenvalue weighted by molar-refractivity contribution is 7.71. The summed E-state index contributed by atoms with van der Waals surface area (Å²) in [4.78, 5) is 3.14. The molecule has 0 unspecified atom stereocenters. The minimum atomic E-state index is 0.783. The number of hydrogen-bond donors (Lipinski definition) is 1. The van der Waals surface area contributed by atoms with Crippen molar-refractivity contribution in [3.63, 3.8) is 0 Å². The average molecular weight is 288 g/mol. The van der Waals surface area contributed by atoms with E-state index >= 15 is 0 Å². The predicted octanol–water partition coefficient (Wildman–Crippen LogP) is 4.03. The Bertz CT molecular complexity index is 598. The van der Waals surface area contributed by atoms with Crippen LogP contribution in [-0.2, 0) is 11.3 Å². The van der Waals surface area contributed by atoms with Crippen molar-refractivity contribution >= 4 is 12.2 Å². The van der Waals surface area contributed by atoms with Gasteiger partial charge in [0.2, 0.25) is 0 Å². The molecule has 1 fully saturated rings. The highest BCUT2D eigenvalue weighted by atomic mass is 32.1. The van der Waals surface area contributed by atoms with Crippen LogP contribution in [0, 0.1) is 10.7 Å². The standard InChI is InChI=1S/C16H20N2OS/c20-16-17-11-15(14-5-2-1-3-6-14)18(16)9-4-10-19-12-13-7-8-13/h1-3,5-6,11,13H,4,7-10,12H2,(H,17,20). The van der Waals surface area contributed by atoms with E-state index in [9.17, 15) is 0 Å². The molecule has 0 radical (unpaired) electrons. The first-order chi connectivity index (χ1) is 9.84. The highest BCUT2D eigenvalue weighted by Crippen LogP contribution is 2.28. The Morgan fingerprint density at radius 2 is 2.05 bits per heavy atom. The summed E-state index contributed by atoms with van der Waals surface area (Å²) in [6.07, 6.45) is 5.68. The zero-order chi connectivity index (χ0) is 13.8. The quantitative estimate of drug-likeness (QED) is 0.616. The van der Waals surface area contributed by atoms with Gasteiger partial charge in [0, 0.05) is 26.0 Å². The molecule has 3 nitrogen and oxygen atoms in total. The van der Waals surface area contributed by atoms with Crippen LogP contribution >= 0.6 is 12.2 Å². The van der Waals surface area contributed by atoms with Crippen LogP contribution in [0.4, 0.5) is 0 Å². The monoisotopic (exact) mass is 288 g/mol. The third-order valence-electron chi connectivity index (χ3n) is 3.66. The minimum absolute atomic E-state index is 0.783. The summed E-state index contributed by atoms with van der Waals surface area (Å²) in [5, 5.41) is 0. The Labute approximate surface area is 124 Å². The van der Waals surface area contributed by atoms with Crippen molar-refractivity contribution in [3.05, 3.63) is 41.3 Å². The van der Waals surface area contributed by atoms with E-state index in [1.165, 1.54) is 18.4 Å². The lowest BCUT2D eigenvalue weighted by Crippen LogP contribution is -2.05. The predicted molar refractivity (Wildman–Crippen MR) is 83.2 cm³/mol. The van der Waals surface area contributed by atoms with Crippen molar-refractivity contribution in [3.8, 4) is 11.3 Å². The average Bonchev–Trinajstić information content (AvgIpc) is 3.23. The van der Waals surface area contributed by atoms with E-state index in [2.05, 4.69) is 33.8 Å². The van der Waals surface area contributed by atoms with Gasteiger partial charge in [0.15, 0.2) is 4.77 Å². The number of ether oxygens (including phenoxy) is 1. The molecule has 1 aliphatic carbocycles. The zero-order valence-corrected chi connectivity index (χ0v) is 12.4. The molecule has 2 aromatic rings. The number of nitrogens with zero attached hydrogens (tertiary/aromatic N) is 1. The van der Waals surface area contributed by atoms with Crippen LogP contribution in [0.5, 0.6) is 0 Å². The molecule has 4 heteroatoms. The number of aromatic amines is 1. The van der Waals surface area contributed by atoms with E-state index in [1.54, 1.807) is 0 Å². The fourth-order valence-electron chi connectivity index (χ4n) is 2.32. The minimum Gasteiger partial charge on any atom is -0.381 e. The second kappa shape index (κ2) is 6.37. The summed E-state index contributed by atoms with van der Waals surface area (Å²) in [6.45, 7) is 2.65. The number of hydrogen-bond acceptors (Lipinski definition) is 2. The van der Waals surface area contributed by atoms with Crippen molar-refractivity contribution in [2.45, 2.75) is 25.8 Å². The van der Waals surface area contributed by atoms with Gasteiger partial charge in [-0.05, 0) is 43.0 Å². The van der Waals surface area contributed by atoms with E-state index in [0.717, 1.165) is 42.6 Å². The molecular weight excluding hydrogens is 268 g/mol. The Balaban J connectivity index is 1.60. The third kappa shape index (κ3) is 3.38. The molecule has 0 saturated heterocycles. The molecule has 0 bridgehead atoms. The van der Waals surface area contributed by atoms with Gasteiger partial charge in [-0.25, -0.2) is 0 Å². The van der Waals surface area contributed by atoms with Crippen molar-refractivity contribution in [1.82, 2.24) is 9.55 Å². The molecule has 1 aromatic carbocycles. The molecule has 0 spiro atoms. The molecule has 1 N–H and O–H groups in total. The number of benzene rings is 1. The first-order valence-corrected chi connectivity index (χ1v) is 7.67. The van der Waals surface area contributed by atoms with Gasteiger partial charge in [-0.3, -0.25) is 0 Å². The first kappa shape index (κ1) is 13.6. The van der Waals surface area contributed by atoms with Gasteiger partial charge >= 0.3 is 0 Å². The van der Waals surface area contributed by atoms with Crippen LogP contribution in [0.15, 0.2) is 36.5 Å². The Hall–Kier alpha value is -1.39. The number of aromatic nitrogens is 2. The number of rotatable bonds is 7. The third-order valence-corrected chi connectivity index (χ3v) is 4.00. The largest absolute Gasteiger partial charge is 0.381 e. The molecular formula is C16H20N2OS. The molecule has 3 rings (SSSR count). The van der Waals surface area contributed by atoms with Gasteiger partial charge in [0.25, 0.3) is 0 Å². The molecule has 20 heavy (non-hydrogen) atoms. The summed E-state index contributed by atoms with van der Waals surface area (Å²) >= 11 is 5.37. The van der Waals surface area contributed by atoms with Crippen LogP contribution in [-0.4, -0.2) is 22.8 Å². The summed E-state index contributed by atoms with van der Waals surface area (Å²) < 4.78 is 8.63. The Kier molecular flexibility index (Phi) is 4.33. The smallest absolute Gasteiger partial charge is 0.177 e. The molecule has 1 aliphatic rings. The molecule has 1 saturated carbocycles. The van der Waals surface area contributed by atoms with Crippen molar-refractivity contribution < 1.29 is 4.74 Å².